The molecule has 0 saturated carbocycles. The Morgan fingerprint density at radius 3 is 2.95 bits per heavy atom. The van der Waals surface area contributed by atoms with Crippen LogP contribution in [0.4, 0.5) is 21.7 Å². The summed E-state index contributed by atoms with van der Waals surface area (Å²) in [5.41, 5.74) is 1.30. The molecular weight excluding hydrogens is 499 g/mol. The number of benzene rings is 1. The largest absolute Gasteiger partial charge is 0.492 e. The number of halogens is 2. The van der Waals surface area contributed by atoms with Gasteiger partial charge in [-0.2, -0.15) is 0 Å². The van der Waals surface area contributed by atoms with E-state index < -0.39 is 5.82 Å². The van der Waals surface area contributed by atoms with Crippen LogP contribution in [0, 0.1) is 11.7 Å². The van der Waals surface area contributed by atoms with E-state index in [2.05, 4.69) is 26.8 Å². The van der Waals surface area contributed by atoms with E-state index in [1.165, 1.54) is 24.5 Å². The first kappa shape index (κ1) is 23.9. The second kappa shape index (κ2) is 9.75. The fraction of sp³-hybridized carbons (Fsp3) is 0.385. The standard InChI is InChI=1S/C26H26ClFN6O3/c1-2-24(35)34-11-16-7-17(34)10-33(16)23-4-3-20-25(32-23)26(30-14-29-20)31-21-8-18(27)22(9-19(21)28)37-13-15-5-6-36-12-15/h2-4,8-9,14-17H,1,5-7,10-13H2,(H,29,30,31)/t15-,16+,17+/m1/s1. The first-order chi connectivity index (χ1) is 18.0. The van der Waals surface area contributed by atoms with E-state index in [-0.39, 0.29) is 35.3 Å². The van der Waals surface area contributed by atoms with E-state index in [1.54, 1.807) is 0 Å². The van der Waals surface area contributed by atoms with Crippen molar-refractivity contribution in [3.05, 3.63) is 54.1 Å². The quantitative estimate of drug-likeness (QED) is 0.464. The van der Waals surface area contributed by atoms with Crippen molar-refractivity contribution >= 4 is 45.9 Å². The fourth-order valence-electron chi connectivity index (χ4n) is 5.30. The van der Waals surface area contributed by atoms with Gasteiger partial charge in [-0.05, 0) is 37.1 Å². The summed E-state index contributed by atoms with van der Waals surface area (Å²) in [6.07, 6.45) is 4.58. The maximum absolute atomic E-state index is 15.0. The Morgan fingerprint density at radius 2 is 2.19 bits per heavy atom. The molecule has 11 heteroatoms. The van der Waals surface area contributed by atoms with E-state index >= 15 is 4.39 Å². The smallest absolute Gasteiger partial charge is 0.246 e. The number of piperazine rings is 1. The second-order valence-corrected chi connectivity index (χ2v) is 9.99. The van der Waals surface area contributed by atoms with Gasteiger partial charge in [0.05, 0.1) is 41.5 Å². The zero-order valence-electron chi connectivity index (χ0n) is 20.1. The first-order valence-corrected chi connectivity index (χ1v) is 12.7. The van der Waals surface area contributed by atoms with Gasteiger partial charge in [0.25, 0.3) is 0 Å². The summed E-state index contributed by atoms with van der Waals surface area (Å²) in [5.74, 6) is 1.14. The second-order valence-electron chi connectivity index (χ2n) is 9.58. The number of likely N-dealkylation sites (tertiary alicyclic amines) is 1. The molecule has 0 spiro atoms. The lowest BCUT2D eigenvalue weighted by Gasteiger charge is -2.34. The lowest BCUT2D eigenvalue weighted by atomic mass is 10.1. The van der Waals surface area contributed by atoms with Crippen LogP contribution in [-0.2, 0) is 9.53 Å². The van der Waals surface area contributed by atoms with Gasteiger partial charge >= 0.3 is 0 Å². The number of carbonyl (C=O) groups excluding carboxylic acids is 1. The van der Waals surface area contributed by atoms with Gasteiger partial charge in [-0.25, -0.2) is 19.3 Å². The molecule has 0 unspecified atom stereocenters. The molecule has 6 rings (SSSR count). The van der Waals surface area contributed by atoms with E-state index in [0.717, 1.165) is 18.7 Å². The molecule has 2 bridgehead atoms. The number of ether oxygens (including phenoxy) is 2. The van der Waals surface area contributed by atoms with Crippen molar-refractivity contribution < 1.29 is 18.7 Å². The van der Waals surface area contributed by atoms with E-state index in [4.69, 9.17) is 26.1 Å². The van der Waals surface area contributed by atoms with Crippen molar-refractivity contribution in [1.82, 2.24) is 19.9 Å². The molecule has 3 aromatic rings. The molecule has 37 heavy (non-hydrogen) atoms. The summed E-state index contributed by atoms with van der Waals surface area (Å²) in [7, 11) is 0. The van der Waals surface area contributed by atoms with Crippen molar-refractivity contribution in [3.8, 4) is 5.75 Å². The van der Waals surface area contributed by atoms with Gasteiger partial charge < -0.3 is 24.6 Å². The van der Waals surface area contributed by atoms with Crippen LogP contribution >= 0.6 is 11.6 Å². The summed E-state index contributed by atoms with van der Waals surface area (Å²) < 4.78 is 26.1. The molecule has 1 amide bonds. The highest BCUT2D eigenvalue weighted by atomic mass is 35.5. The number of hydrogen-bond acceptors (Lipinski definition) is 8. The highest BCUT2D eigenvalue weighted by Gasteiger charge is 2.45. The Labute approximate surface area is 218 Å². The van der Waals surface area contributed by atoms with Crippen molar-refractivity contribution in [3.63, 3.8) is 0 Å². The molecular formula is C26H26ClFN6O3. The molecule has 3 aliphatic heterocycles. The number of rotatable bonds is 7. The average Bonchev–Trinajstić information content (AvgIpc) is 3.67. The van der Waals surface area contributed by atoms with Gasteiger partial charge in [-0.15, -0.1) is 0 Å². The minimum atomic E-state index is -0.520. The van der Waals surface area contributed by atoms with Crippen LogP contribution in [0.5, 0.6) is 5.75 Å². The summed E-state index contributed by atoms with van der Waals surface area (Å²) in [6.45, 7) is 6.71. The Kier molecular flexibility index (Phi) is 6.29. The number of nitrogens with zero attached hydrogens (tertiary/aromatic N) is 5. The predicted octanol–water partition coefficient (Wildman–Crippen LogP) is 3.95. The van der Waals surface area contributed by atoms with Crippen molar-refractivity contribution in [2.45, 2.75) is 24.9 Å². The van der Waals surface area contributed by atoms with Crippen molar-refractivity contribution in [2.24, 2.45) is 5.92 Å². The molecule has 0 radical (unpaired) electrons. The molecule has 3 fully saturated rings. The number of amides is 1. The number of carbonyl (C=O) groups is 1. The van der Waals surface area contributed by atoms with Crippen molar-refractivity contribution in [2.75, 3.05) is 43.1 Å². The summed E-state index contributed by atoms with van der Waals surface area (Å²) in [4.78, 5) is 29.6. The Hall–Kier alpha value is -3.50. The molecule has 9 nitrogen and oxygen atoms in total. The zero-order valence-corrected chi connectivity index (χ0v) is 20.8. The number of fused-ring (bicyclic) bond motifs is 3. The number of aromatic nitrogens is 3. The van der Waals surface area contributed by atoms with Crippen LogP contribution < -0.4 is 15.0 Å². The van der Waals surface area contributed by atoms with Crippen LogP contribution in [0.25, 0.3) is 11.0 Å². The number of nitrogens with one attached hydrogen (secondary N) is 1. The van der Waals surface area contributed by atoms with E-state index in [9.17, 15) is 4.79 Å². The van der Waals surface area contributed by atoms with E-state index in [1.807, 2.05) is 17.0 Å². The van der Waals surface area contributed by atoms with Crippen LogP contribution in [0.3, 0.4) is 0 Å². The SMILES string of the molecule is C=CC(=O)N1C[C@@H]2C[C@H]1CN2c1ccc2ncnc(Nc3cc(Cl)c(OC[C@@H]4CCOC4)cc3F)c2n1. The van der Waals surface area contributed by atoms with Gasteiger partial charge in [0, 0.05) is 31.7 Å². The molecule has 5 heterocycles. The third-order valence-electron chi connectivity index (χ3n) is 7.23. The Balaban J connectivity index is 1.23. The maximum Gasteiger partial charge on any atom is 0.246 e. The average molecular weight is 525 g/mol. The lowest BCUT2D eigenvalue weighted by Crippen LogP contribution is -2.48. The Morgan fingerprint density at radius 1 is 1.30 bits per heavy atom. The molecule has 3 atom stereocenters. The highest BCUT2D eigenvalue weighted by Crippen LogP contribution is 2.36. The third-order valence-corrected chi connectivity index (χ3v) is 7.53. The third kappa shape index (κ3) is 4.55. The molecule has 2 aromatic heterocycles. The van der Waals surface area contributed by atoms with Gasteiger partial charge in [0.15, 0.2) is 5.82 Å². The zero-order chi connectivity index (χ0) is 25.5. The normalized spacial score (nSPS) is 22.6. The van der Waals surface area contributed by atoms with Gasteiger partial charge in [-0.1, -0.05) is 18.2 Å². The molecule has 192 valence electrons. The molecule has 0 aliphatic carbocycles. The van der Waals surface area contributed by atoms with Crippen LogP contribution in [0.15, 0.2) is 43.2 Å². The molecule has 3 saturated heterocycles. The van der Waals surface area contributed by atoms with E-state index in [0.29, 0.717) is 54.8 Å². The fourth-order valence-corrected chi connectivity index (χ4v) is 5.52. The van der Waals surface area contributed by atoms with Gasteiger partial charge in [0.2, 0.25) is 5.91 Å². The van der Waals surface area contributed by atoms with Crippen LogP contribution in [-0.4, -0.2) is 70.8 Å². The maximum atomic E-state index is 15.0. The minimum Gasteiger partial charge on any atom is -0.492 e. The molecule has 3 aliphatic rings. The number of anilines is 3. The molecule has 1 N–H and O–H groups in total. The van der Waals surface area contributed by atoms with Crippen LogP contribution in [0.2, 0.25) is 5.02 Å². The number of pyridine rings is 1. The highest BCUT2D eigenvalue weighted by molar-refractivity contribution is 6.32. The van der Waals surface area contributed by atoms with Gasteiger partial charge in [0.1, 0.15) is 29.2 Å². The summed E-state index contributed by atoms with van der Waals surface area (Å²) in [6, 6.07) is 6.87. The summed E-state index contributed by atoms with van der Waals surface area (Å²) in [5, 5.41) is 3.32. The lowest BCUT2D eigenvalue weighted by molar-refractivity contribution is -0.127. The number of hydrogen-bond donors (Lipinski definition) is 1. The minimum absolute atomic E-state index is 0.0387. The Bertz CT molecular complexity index is 1370. The van der Waals surface area contributed by atoms with Gasteiger partial charge in [-0.3, -0.25) is 4.79 Å². The predicted molar refractivity (Wildman–Crippen MR) is 138 cm³/mol. The monoisotopic (exact) mass is 524 g/mol. The van der Waals surface area contributed by atoms with Crippen molar-refractivity contribution in [1.29, 1.82) is 0 Å². The van der Waals surface area contributed by atoms with Crippen LogP contribution in [0.1, 0.15) is 12.8 Å². The molecule has 1 aromatic carbocycles. The topological polar surface area (TPSA) is 92.7 Å². The summed E-state index contributed by atoms with van der Waals surface area (Å²) >= 11 is 6.41. The first-order valence-electron chi connectivity index (χ1n) is 12.3.